The van der Waals surface area contributed by atoms with E-state index in [0.29, 0.717) is 0 Å². The number of aryl methyl sites for hydroxylation is 2. The van der Waals surface area contributed by atoms with Gasteiger partial charge in [-0.05, 0) is 37.1 Å². The molecule has 0 bridgehead atoms. The second-order valence-corrected chi connectivity index (χ2v) is 6.57. The van der Waals surface area contributed by atoms with Crippen LogP contribution >= 0.6 is 27.5 Å². The molecular formula is C16H14BrClN2O. The zero-order valence-electron chi connectivity index (χ0n) is 11.6. The van der Waals surface area contributed by atoms with Crippen molar-refractivity contribution in [1.29, 1.82) is 0 Å². The van der Waals surface area contributed by atoms with Crippen molar-refractivity contribution >= 4 is 38.6 Å². The van der Waals surface area contributed by atoms with Gasteiger partial charge in [0.25, 0.3) is 0 Å². The fraction of sp³-hybridized carbons (Fsp3) is 0.188. The third kappa shape index (κ3) is 2.78. The summed E-state index contributed by atoms with van der Waals surface area (Å²) in [6, 6.07) is 10.1. The average molecular weight is 366 g/mol. The fourth-order valence-corrected chi connectivity index (χ4v) is 3.61. The fourth-order valence-electron chi connectivity index (χ4n) is 2.60. The summed E-state index contributed by atoms with van der Waals surface area (Å²) >= 11 is 10.2. The molecule has 1 aromatic heterocycles. The van der Waals surface area contributed by atoms with Crippen LogP contribution in [0, 0.1) is 13.8 Å². The highest BCUT2D eigenvalue weighted by Crippen LogP contribution is 2.36. The van der Waals surface area contributed by atoms with Crippen LogP contribution in [0.5, 0.6) is 0 Å². The minimum atomic E-state index is -0.277. The van der Waals surface area contributed by atoms with Crippen LogP contribution in [0.15, 0.2) is 39.6 Å². The van der Waals surface area contributed by atoms with Crippen molar-refractivity contribution in [1.82, 2.24) is 9.97 Å². The number of alkyl halides is 1. The van der Waals surface area contributed by atoms with Gasteiger partial charge in [-0.25, -0.2) is 4.79 Å². The van der Waals surface area contributed by atoms with Gasteiger partial charge in [0.2, 0.25) is 0 Å². The molecule has 0 spiro atoms. The Balaban J connectivity index is 2.13. The van der Waals surface area contributed by atoms with Crippen molar-refractivity contribution in [3.8, 4) is 0 Å². The van der Waals surface area contributed by atoms with Crippen molar-refractivity contribution < 1.29 is 0 Å². The maximum Gasteiger partial charge on any atom is 0.323 e. The van der Waals surface area contributed by atoms with E-state index in [9.17, 15) is 4.79 Å². The van der Waals surface area contributed by atoms with Gasteiger partial charge in [0.1, 0.15) is 0 Å². The van der Waals surface area contributed by atoms with Crippen LogP contribution < -0.4 is 5.69 Å². The third-order valence-electron chi connectivity index (χ3n) is 3.44. The lowest BCUT2D eigenvalue weighted by Gasteiger charge is -2.14. The highest BCUT2D eigenvalue weighted by atomic mass is 79.9. The van der Waals surface area contributed by atoms with Gasteiger partial charge in [-0.1, -0.05) is 45.3 Å². The molecule has 0 fully saturated rings. The van der Waals surface area contributed by atoms with Crippen LogP contribution in [-0.2, 0) is 0 Å². The lowest BCUT2D eigenvalue weighted by atomic mass is 10.00. The molecule has 108 valence electrons. The number of aromatic nitrogens is 2. The first-order chi connectivity index (χ1) is 9.94. The van der Waals surface area contributed by atoms with Crippen molar-refractivity contribution in [2.24, 2.45) is 0 Å². The Morgan fingerprint density at radius 3 is 2.19 bits per heavy atom. The largest absolute Gasteiger partial charge is 0.323 e. The Labute approximate surface area is 135 Å². The normalized spacial score (nSPS) is 12.8. The summed E-state index contributed by atoms with van der Waals surface area (Å²) in [6.07, 6.45) is 0. The van der Waals surface area contributed by atoms with Crippen LogP contribution in [0.1, 0.15) is 27.6 Å². The van der Waals surface area contributed by atoms with E-state index < -0.39 is 0 Å². The lowest BCUT2D eigenvalue weighted by molar-refractivity contribution is 1.12. The maximum absolute atomic E-state index is 11.4. The molecule has 2 N–H and O–H groups in total. The summed E-state index contributed by atoms with van der Waals surface area (Å²) in [5.74, 6) is 0. The zero-order chi connectivity index (χ0) is 15.1. The molecule has 0 amide bonds. The van der Waals surface area contributed by atoms with Crippen LogP contribution in [0.2, 0.25) is 0 Å². The van der Waals surface area contributed by atoms with Crippen LogP contribution in [0.25, 0.3) is 11.0 Å². The number of fused-ring (bicyclic) bond motifs is 1. The smallest absolute Gasteiger partial charge is 0.306 e. The molecule has 0 saturated carbocycles. The van der Waals surface area contributed by atoms with E-state index in [2.05, 4.69) is 57.9 Å². The van der Waals surface area contributed by atoms with Gasteiger partial charge in [-0.15, -0.1) is 11.6 Å². The van der Waals surface area contributed by atoms with Crippen molar-refractivity contribution in [2.75, 3.05) is 0 Å². The maximum atomic E-state index is 11.4. The highest BCUT2D eigenvalue weighted by Gasteiger charge is 2.16. The number of benzene rings is 2. The molecule has 1 unspecified atom stereocenters. The number of H-pyrrole nitrogens is 2. The number of rotatable bonds is 2. The highest BCUT2D eigenvalue weighted by molar-refractivity contribution is 9.10. The number of aromatic amines is 2. The van der Waals surface area contributed by atoms with Gasteiger partial charge >= 0.3 is 5.69 Å². The predicted octanol–water partition coefficient (Wildman–Crippen LogP) is 4.56. The van der Waals surface area contributed by atoms with Gasteiger partial charge in [-0.2, -0.15) is 0 Å². The Bertz CT molecular complexity index is 861. The molecule has 1 atom stereocenters. The second-order valence-electron chi connectivity index (χ2n) is 5.28. The first kappa shape index (κ1) is 14.4. The quantitative estimate of drug-likeness (QED) is 0.642. The molecule has 0 aliphatic carbocycles. The van der Waals surface area contributed by atoms with Crippen LogP contribution in [-0.4, -0.2) is 9.97 Å². The van der Waals surface area contributed by atoms with E-state index in [4.69, 9.17) is 11.6 Å². The standard InChI is InChI=1S/C16H14BrClN2O/c1-8-3-9(2)5-10(4-8)15(18)11-6-13-14(7-12(11)17)20-16(21)19-13/h3-7,15H,1-2H3,(H2,19,20,21). The number of imidazole rings is 1. The minimum Gasteiger partial charge on any atom is -0.306 e. The first-order valence-electron chi connectivity index (χ1n) is 6.58. The van der Waals surface area contributed by atoms with E-state index in [1.807, 2.05) is 12.1 Å². The summed E-state index contributed by atoms with van der Waals surface area (Å²) in [5.41, 5.74) is 5.65. The molecule has 21 heavy (non-hydrogen) atoms. The molecule has 3 rings (SSSR count). The molecule has 3 aromatic rings. The van der Waals surface area contributed by atoms with Gasteiger partial charge in [0.15, 0.2) is 0 Å². The summed E-state index contributed by atoms with van der Waals surface area (Å²) < 4.78 is 0.879. The molecule has 0 aliphatic heterocycles. The molecular weight excluding hydrogens is 352 g/mol. The molecule has 0 aliphatic rings. The Morgan fingerprint density at radius 2 is 1.57 bits per heavy atom. The molecule has 2 aromatic carbocycles. The monoisotopic (exact) mass is 364 g/mol. The summed E-state index contributed by atoms with van der Waals surface area (Å²) in [6.45, 7) is 4.12. The van der Waals surface area contributed by atoms with Crippen LogP contribution in [0.4, 0.5) is 0 Å². The van der Waals surface area contributed by atoms with E-state index in [0.717, 1.165) is 26.6 Å². The lowest BCUT2D eigenvalue weighted by Crippen LogP contribution is -1.99. The number of hydrogen-bond donors (Lipinski definition) is 2. The van der Waals surface area contributed by atoms with Gasteiger partial charge < -0.3 is 9.97 Å². The van der Waals surface area contributed by atoms with Crippen molar-refractivity contribution in [3.63, 3.8) is 0 Å². The average Bonchev–Trinajstić information content (AvgIpc) is 2.75. The SMILES string of the molecule is Cc1cc(C)cc(C(Cl)c2cc3[nH]c(=O)[nH]c3cc2Br)c1. The van der Waals surface area contributed by atoms with Crippen molar-refractivity contribution in [3.05, 3.63) is 67.5 Å². The Morgan fingerprint density at radius 1 is 1.00 bits per heavy atom. The molecule has 3 nitrogen and oxygen atoms in total. The van der Waals surface area contributed by atoms with E-state index in [-0.39, 0.29) is 11.1 Å². The summed E-state index contributed by atoms with van der Waals surface area (Å²) in [4.78, 5) is 16.9. The number of halogens is 2. The molecule has 1 heterocycles. The number of nitrogens with one attached hydrogen (secondary N) is 2. The van der Waals surface area contributed by atoms with E-state index >= 15 is 0 Å². The third-order valence-corrected chi connectivity index (χ3v) is 4.62. The molecule has 0 saturated heterocycles. The Hall–Kier alpha value is -1.52. The summed E-state index contributed by atoms with van der Waals surface area (Å²) in [5, 5.41) is -0.277. The Kier molecular flexibility index (Phi) is 3.68. The van der Waals surface area contributed by atoms with Gasteiger partial charge in [0, 0.05) is 4.47 Å². The van der Waals surface area contributed by atoms with Gasteiger partial charge in [-0.3, -0.25) is 0 Å². The minimum absolute atomic E-state index is 0.216. The molecule has 5 heteroatoms. The summed E-state index contributed by atoms with van der Waals surface area (Å²) in [7, 11) is 0. The second kappa shape index (κ2) is 5.35. The predicted molar refractivity (Wildman–Crippen MR) is 90.2 cm³/mol. The van der Waals surface area contributed by atoms with Crippen molar-refractivity contribution in [2.45, 2.75) is 19.2 Å². The van der Waals surface area contributed by atoms with Gasteiger partial charge in [0.05, 0.1) is 16.4 Å². The first-order valence-corrected chi connectivity index (χ1v) is 7.80. The number of hydrogen-bond acceptors (Lipinski definition) is 1. The topological polar surface area (TPSA) is 48.6 Å². The van der Waals surface area contributed by atoms with E-state index in [1.54, 1.807) is 0 Å². The zero-order valence-corrected chi connectivity index (χ0v) is 14.0. The molecule has 0 radical (unpaired) electrons. The van der Waals surface area contributed by atoms with Crippen LogP contribution in [0.3, 0.4) is 0 Å². The van der Waals surface area contributed by atoms with E-state index in [1.165, 1.54) is 11.1 Å².